The first-order chi connectivity index (χ1) is 18.8. The molecule has 1 atom stereocenters. The van der Waals surface area contributed by atoms with Gasteiger partial charge < -0.3 is 10.2 Å². The molecule has 0 aromatic heterocycles. The van der Waals surface area contributed by atoms with Crippen molar-refractivity contribution in [2.24, 2.45) is 0 Å². The number of nitrogens with one attached hydrogen (secondary N) is 1. The maximum absolute atomic E-state index is 13.8. The van der Waals surface area contributed by atoms with Crippen molar-refractivity contribution in [3.05, 3.63) is 94.5 Å². The average Bonchev–Trinajstić information content (AvgIpc) is 2.92. The molecule has 0 fully saturated rings. The van der Waals surface area contributed by atoms with Crippen molar-refractivity contribution < 1.29 is 31.2 Å². The SMILES string of the molecule is CCCNC(=O)[C@@H](C)N(Cc1cccc(Br)c1)C(=O)CN(c1cccc(C(F)(F)F)c1)S(=O)(=O)c1ccccc1. The third-order valence-corrected chi connectivity index (χ3v) is 8.31. The van der Waals surface area contributed by atoms with Crippen molar-refractivity contribution in [1.29, 1.82) is 0 Å². The molecule has 0 aliphatic heterocycles. The monoisotopic (exact) mass is 639 g/mol. The number of halogens is 4. The molecule has 12 heteroatoms. The van der Waals surface area contributed by atoms with Gasteiger partial charge in [-0.2, -0.15) is 13.2 Å². The summed E-state index contributed by atoms with van der Waals surface area (Å²) >= 11 is 3.37. The molecule has 3 aromatic carbocycles. The predicted octanol–water partition coefficient (Wildman–Crippen LogP) is 5.61. The van der Waals surface area contributed by atoms with Crippen LogP contribution in [0.15, 0.2) is 88.2 Å². The van der Waals surface area contributed by atoms with Gasteiger partial charge in [-0.15, -0.1) is 0 Å². The fourth-order valence-corrected chi connectivity index (χ4v) is 5.77. The molecule has 1 N–H and O–H groups in total. The highest BCUT2D eigenvalue weighted by atomic mass is 79.9. The van der Waals surface area contributed by atoms with Crippen LogP contribution in [0.3, 0.4) is 0 Å². The van der Waals surface area contributed by atoms with Crippen LogP contribution in [0.1, 0.15) is 31.4 Å². The van der Waals surface area contributed by atoms with Gasteiger partial charge in [0.05, 0.1) is 16.1 Å². The number of hydrogen-bond donors (Lipinski definition) is 1. The minimum atomic E-state index is -4.74. The molecule has 0 bridgehead atoms. The Hall–Kier alpha value is -3.38. The zero-order valence-corrected chi connectivity index (χ0v) is 24.3. The van der Waals surface area contributed by atoms with Gasteiger partial charge in [0.15, 0.2) is 0 Å². The molecule has 0 radical (unpaired) electrons. The smallest absolute Gasteiger partial charge is 0.354 e. The largest absolute Gasteiger partial charge is 0.416 e. The first-order valence-corrected chi connectivity index (χ1v) is 14.6. The van der Waals surface area contributed by atoms with Crippen molar-refractivity contribution in [2.75, 3.05) is 17.4 Å². The van der Waals surface area contributed by atoms with E-state index in [1.165, 1.54) is 42.2 Å². The molecule has 7 nitrogen and oxygen atoms in total. The van der Waals surface area contributed by atoms with Crippen LogP contribution in [-0.2, 0) is 32.3 Å². The summed E-state index contributed by atoms with van der Waals surface area (Å²) in [5.41, 5.74) is -0.740. The second-order valence-electron chi connectivity index (χ2n) is 8.99. The van der Waals surface area contributed by atoms with Crippen LogP contribution in [0.2, 0.25) is 0 Å². The van der Waals surface area contributed by atoms with Crippen molar-refractivity contribution in [3.8, 4) is 0 Å². The molecule has 0 saturated heterocycles. The Kier molecular flexibility index (Phi) is 10.4. The second kappa shape index (κ2) is 13.3. The van der Waals surface area contributed by atoms with E-state index in [1.54, 1.807) is 30.3 Å². The second-order valence-corrected chi connectivity index (χ2v) is 11.8. The summed E-state index contributed by atoms with van der Waals surface area (Å²) < 4.78 is 69.3. The van der Waals surface area contributed by atoms with Crippen LogP contribution in [-0.4, -0.2) is 44.3 Å². The van der Waals surface area contributed by atoms with Gasteiger partial charge in [0, 0.05) is 17.6 Å². The first kappa shape index (κ1) is 31.2. The summed E-state index contributed by atoms with van der Waals surface area (Å²) in [6.07, 6.45) is -4.07. The molecule has 0 aliphatic carbocycles. The lowest BCUT2D eigenvalue weighted by Crippen LogP contribution is -2.51. The predicted molar refractivity (Wildman–Crippen MR) is 150 cm³/mol. The fourth-order valence-electron chi connectivity index (χ4n) is 3.90. The number of nitrogens with zero attached hydrogens (tertiary/aromatic N) is 2. The summed E-state index contributed by atoms with van der Waals surface area (Å²) in [4.78, 5) is 27.7. The normalized spacial score (nSPS) is 12.4. The van der Waals surface area contributed by atoms with Crippen LogP contribution in [0, 0.1) is 0 Å². The van der Waals surface area contributed by atoms with Crippen molar-refractivity contribution in [3.63, 3.8) is 0 Å². The number of alkyl halides is 3. The maximum atomic E-state index is 13.8. The van der Waals surface area contributed by atoms with E-state index in [4.69, 9.17) is 0 Å². The van der Waals surface area contributed by atoms with Gasteiger partial charge in [0.1, 0.15) is 12.6 Å². The Balaban J connectivity index is 2.07. The Morgan fingerprint density at radius 1 is 0.975 bits per heavy atom. The van der Waals surface area contributed by atoms with Crippen molar-refractivity contribution in [2.45, 2.75) is 43.9 Å². The van der Waals surface area contributed by atoms with Crippen molar-refractivity contribution >= 4 is 43.5 Å². The lowest BCUT2D eigenvalue weighted by Gasteiger charge is -2.32. The number of benzene rings is 3. The minimum Gasteiger partial charge on any atom is -0.354 e. The third kappa shape index (κ3) is 7.85. The number of amides is 2. The number of carbonyl (C=O) groups is 2. The maximum Gasteiger partial charge on any atom is 0.416 e. The fraction of sp³-hybridized carbons (Fsp3) is 0.286. The summed E-state index contributed by atoms with van der Waals surface area (Å²) in [6, 6.07) is 16.9. The molecule has 2 amide bonds. The van der Waals surface area contributed by atoms with E-state index >= 15 is 0 Å². The van der Waals surface area contributed by atoms with E-state index in [0.717, 1.165) is 16.6 Å². The molecule has 0 unspecified atom stereocenters. The molecular weight excluding hydrogens is 611 g/mol. The number of hydrogen-bond acceptors (Lipinski definition) is 4. The lowest BCUT2D eigenvalue weighted by atomic mass is 10.1. The van der Waals surface area contributed by atoms with E-state index in [2.05, 4.69) is 21.2 Å². The van der Waals surface area contributed by atoms with E-state index in [0.29, 0.717) is 28.9 Å². The molecular formula is C28H29BrF3N3O4S. The zero-order valence-electron chi connectivity index (χ0n) is 21.9. The lowest BCUT2D eigenvalue weighted by molar-refractivity contribution is -0.139. The van der Waals surface area contributed by atoms with Crippen LogP contribution >= 0.6 is 15.9 Å². The summed E-state index contributed by atoms with van der Waals surface area (Å²) in [5.74, 6) is -1.21. The molecule has 3 aromatic rings. The molecule has 0 heterocycles. The Labute approximate surface area is 240 Å². The number of rotatable bonds is 11. The topological polar surface area (TPSA) is 86.8 Å². The van der Waals surface area contributed by atoms with Gasteiger partial charge in [0.2, 0.25) is 11.8 Å². The molecule has 40 heavy (non-hydrogen) atoms. The standard InChI is InChI=1S/C28H29BrF3N3O4S/c1-3-15-33-27(37)20(2)34(18-21-9-7-11-23(29)16-21)26(36)19-35(40(38,39)25-13-5-4-6-14-25)24-12-8-10-22(17-24)28(30,31)32/h4-14,16-17,20H,3,15,18-19H2,1-2H3,(H,33,37)/t20-/m1/s1. The van der Waals surface area contributed by atoms with Gasteiger partial charge in [-0.05, 0) is 61.4 Å². The minimum absolute atomic E-state index is 0.0409. The Morgan fingerprint density at radius 3 is 2.27 bits per heavy atom. The summed E-state index contributed by atoms with van der Waals surface area (Å²) in [7, 11) is -4.47. The molecule has 0 saturated carbocycles. The Morgan fingerprint density at radius 2 is 1.65 bits per heavy atom. The van der Waals surface area contributed by atoms with Crippen molar-refractivity contribution in [1.82, 2.24) is 10.2 Å². The van der Waals surface area contributed by atoms with Gasteiger partial charge in [0.25, 0.3) is 10.0 Å². The average molecular weight is 641 g/mol. The molecule has 0 spiro atoms. The quantitative estimate of drug-likeness (QED) is 0.296. The van der Waals surface area contributed by atoms with Crippen LogP contribution < -0.4 is 9.62 Å². The summed E-state index contributed by atoms with van der Waals surface area (Å²) in [5, 5.41) is 2.73. The number of sulfonamides is 1. The zero-order chi connectivity index (χ0) is 29.5. The highest BCUT2D eigenvalue weighted by Gasteiger charge is 2.35. The summed E-state index contributed by atoms with van der Waals surface area (Å²) in [6.45, 7) is 2.89. The first-order valence-electron chi connectivity index (χ1n) is 12.4. The highest BCUT2D eigenvalue weighted by molar-refractivity contribution is 9.10. The number of anilines is 1. The Bertz CT molecular complexity index is 1440. The van der Waals surface area contributed by atoms with E-state index in [1.807, 2.05) is 6.92 Å². The third-order valence-electron chi connectivity index (χ3n) is 6.03. The van der Waals surface area contributed by atoms with E-state index in [9.17, 15) is 31.2 Å². The number of carbonyl (C=O) groups excluding carboxylic acids is 2. The highest BCUT2D eigenvalue weighted by Crippen LogP contribution is 2.33. The van der Waals surface area contributed by atoms with E-state index in [-0.39, 0.29) is 17.1 Å². The van der Waals surface area contributed by atoms with Gasteiger partial charge in [-0.3, -0.25) is 13.9 Å². The molecule has 214 valence electrons. The van der Waals surface area contributed by atoms with Gasteiger partial charge in [-0.1, -0.05) is 59.3 Å². The van der Waals surface area contributed by atoms with Crippen LogP contribution in [0.25, 0.3) is 0 Å². The van der Waals surface area contributed by atoms with Crippen LogP contribution in [0.4, 0.5) is 18.9 Å². The van der Waals surface area contributed by atoms with E-state index < -0.39 is 46.2 Å². The van der Waals surface area contributed by atoms with Crippen LogP contribution in [0.5, 0.6) is 0 Å². The molecule has 0 aliphatic rings. The van der Waals surface area contributed by atoms with Gasteiger partial charge in [-0.25, -0.2) is 8.42 Å². The molecule has 3 rings (SSSR count). The van der Waals surface area contributed by atoms with Gasteiger partial charge >= 0.3 is 6.18 Å².